The van der Waals surface area contributed by atoms with Crippen molar-refractivity contribution >= 4 is 17.8 Å². The lowest BCUT2D eigenvalue weighted by molar-refractivity contribution is 0.455. The van der Waals surface area contributed by atoms with E-state index in [1.54, 1.807) is 0 Å². The smallest absolute Gasteiger partial charge is 0.315 e. The Hall–Kier alpha value is -0.750. The number of hydrogen-bond acceptors (Lipinski definition) is 6. The van der Waals surface area contributed by atoms with Crippen LogP contribution >= 0.6 is 11.8 Å². The van der Waals surface area contributed by atoms with E-state index >= 15 is 0 Å². The highest BCUT2D eigenvalue weighted by Gasteiger charge is 2.28. The fraction of sp³-hybridized carbons (Fsp3) is 0.846. The Morgan fingerprint density at radius 1 is 1.37 bits per heavy atom. The van der Waals surface area contributed by atoms with E-state index in [1.807, 2.05) is 11.8 Å². The fourth-order valence-corrected chi connectivity index (χ4v) is 3.54. The third-order valence-electron chi connectivity index (χ3n) is 3.27. The van der Waals surface area contributed by atoms with Crippen LogP contribution in [0.5, 0.6) is 0 Å². The molecule has 0 aliphatic heterocycles. The summed E-state index contributed by atoms with van der Waals surface area (Å²) in [7, 11) is 0. The summed E-state index contributed by atoms with van der Waals surface area (Å²) in [6.45, 7) is 7.04. The molecule has 1 aliphatic carbocycles. The van der Waals surface area contributed by atoms with Gasteiger partial charge in [-0.1, -0.05) is 32.3 Å². The van der Waals surface area contributed by atoms with Crippen LogP contribution in [0, 0.1) is 0 Å². The maximum Gasteiger partial charge on any atom is 0.315 e. The molecule has 0 bridgehead atoms. The first-order valence-corrected chi connectivity index (χ1v) is 8.17. The molecule has 0 spiro atoms. The van der Waals surface area contributed by atoms with Gasteiger partial charge in [0.2, 0.25) is 5.89 Å². The molecule has 0 aromatic carbocycles. The minimum atomic E-state index is 0.420. The molecular formula is C13H24N4OS. The van der Waals surface area contributed by atoms with Crippen LogP contribution in [-0.4, -0.2) is 33.3 Å². The molecule has 19 heavy (non-hydrogen) atoms. The minimum absolute atomic E-state index is 0.420. The molecule has 0 radical (unpaired) electrons. The Bertz CT molecular complexity index is 382. The quantitative estimate of drug-likeness (QED) is 0.802. The molecule has 1 heterocycles. The first-order chi connectivity index (χ1) is 9.19. The summed E-state index contributed by atoms with van der Waals surface area (Å²) in [5.41, 5.74) is 0. The Labute approximate surface area is 119 Å². The van der Waals surface area contributed by atoms with Crippen LogP contribution in [0.3, 0.4) is 0 Å². The van der Waals surface area contributed by atoms with Crippen LogP contribution in [-0.2, 0) is 6.54 Å². The maximum atomic E-state index is 5.62. The van der Waals surface area contributed by atoms with Gasteiger partial charge < -0.3 is 15.1 Å². The molecule has 0 saturated heterocycles. The molecule has 2 unspecified atom stereocenters. The van der Waals surface area contributed by atoms with Crippen LogP contribution in [0.1, 0.15) is 45.9 Å². The molecular weight excluding hydrogens is 260 g/mol. The predicted molar refractivity (Wildman–Crippen MR) is 79.5 cm³/mol. The van der Waals surface area contributed by atoms with Crippen molar-refractivity contribution in [2.75, 3.05) is 11.1 Å². The average molecular weight is 284 g/mol. The van der Waals surface area contributed by atoms with Gasteiger partial charge in [0, 0.05) is 17.3 Å². The predicted octanol–water partition coefficient (Wildman–Crippen LogP) is 2.65. The molecule has 108 valence electrons. The van der Waals surface area contributed by atoms with Gasteiger partial charge in [0.1, 0.15) is 0 Å². The van der Waals surface area contributed by atoms with E-state index < -0.39 is 0 Å². The van der Waals surface area contributed by atoms with E-state index in [0.717, 1.165) is 5.75 Å². The molecule has 1 fully saturated rings. The highest BCUT2D eigenvalue weighted by atomic mass is 32.2. The van der Waals surface area contributed by atoms with Crippen molar-refractivity contribution in [1.82, 2.24) is 15.5 Å². The van der Waals surface area contributed by atoms with Gasteiger partial charge in [-0.2, -0.15) is 11.8 Å². The first kappa shape index (κ1) is 14.7. The van der Waals surface area contributed by atoms with Crippen molar-refractivity contribution in [3.05, 3.63) is 5.89 Å². The van der Waals surface area contributed by atoms with E-state index in [-0.39, 0.29) is 0 Å². The second kappa shape index (κ2) is 7.14. The molecule has 2 N–H and O–H groups in total. The van der Waals surface area contributed by atoms with E-state index in [2.05, 4.69) is 41.6 Å². The molecule has 1 saturated carbocycles. The monoisotopic (exact) mass is 284 g/mol. The lowest BCUT2D eigenvalue weighted by Gasteiger charge is -2.18. The van der Waals surface area contributed by atoms with Crippen LogP contribution < -0.4 is 10.6 Å². The number of anilines is 1. The van der Waals surface area contributed by atoms with Gasteiger partial charge in [0.05, 0.1) is 6.54 Å². The number of aromatic nitrogens is 2. The average Bonchev–Trinajstić information content (AvgIpc) is 2.98. The topological polar surface area (TPSA) is 63.0 Å². The second-order valence-electron chi connectivity index (χ2n) is 5.21. The highest BCUT2D eigenvalue weighted by Crippen LogP contribution is 2.31. The largest absolute Gasteiger partial charge is 0.407 e. The Kier molecular flexibility index (Phi) is 5.51. The molecule has 0 amide bonds. The van der Waals surface area contributed by atoms with E-state index in [0.29, 0.717) is 35.8 Å². The molecule has 1 aromatic heterocycles. The zero-order chi connectivity index (χ0) is 13.7. The zero-order valence-corrected chi connectivity index (χ0v) is 12.8. The fourth-order valence-electron chi connectivity index (χ4n) is 2.34. The summed E-state index contributed by atoms with van der Waals surface area (Å²) in [5.74, 6) is 1.81. The van der Waals surface area contributed by atoms with E-state index in [9.17, 15) is 0 Å². The van der Waals surface area contributed by atoms with Crippen molar-refractivity contribution in [1.29, 1.82) is 0 Å². The van der Waals surface area contributed by atoms with E-state index in [4.69, 9.17) is 4.42 Å². The maximum absolute atomic E-state index is 5.62. The van der Waals surface area contributed by atoms with Crippen molar-refractivity contribution in [3.63, 3.8) is 0 Å². The lowest BCUT2D eigenvalue weighted by Crippen LogP contribution is -2.26. The van der Waals surface area contributed by atoms with Gasteiger partial charge in [-0.3, -0.25) is 0 Å². The van der Waals surface area contributed by atoms with Crippen molar-refractivity contribution in [2.45, 2.75) is 63.9 Å². The summed E-state index contributed by atoms with van der Waals surface area (Å²) < 4.78 is 5.62. The Morgan fingerprint density at radius 3 is 2.95 bits per heavy atom. The first-order valence-electron chi connectivity index (χ1n) is 7.13. The van der Waals surface area contributed by atoms with Gasteiger partial charge in [-0.05, 0) is 18.6 Å². The van der Waals surface area contributed by atoms with Crippen LogP contribution in [0.4, 0.5) is 6.01 Å². The third-order valence-corrected chi connectivity index (χ3v) is 4.60. The standard InChI is InChI=1S/C13H24N4OS/c1-4-19-11-7-5-6-10(11)15-13-17-16-12(18-13)8-14-9(2)3/h9-11,14H,4-8H2,1-3H3,(H,15,17). The normalized spacial score (nSPS) is 23.2. The summed E-state index contributed by atoms with van der Waals surface area (Å²) in [6.07, 6.45) is 3.76. The van der Waals surface area contributed by atoms with Crippen LogP contribution in [0.25, 0.3) is 0 Å². The van der Waals surface area contributed by atoms with Gasteiger partial charge in [-0.15, -0.1) is 5.10 Å². The van der Waals surface area contributed by atoms with Gasteiger partial charge in [-0.25, -0.2) is 0 Å². The number of thioether (sulfide) groups is 1. The molecule has 1 aliphatic rings. The number of rotatable bonds is 7. The number of nitrogens with zero attached hydrogens (tertiary/aromatic N) is 2. The molecule has 1 aromatic rings. The third kappa shape index (κ3) is 4.38. The van der Waals surface area contributed by atoms with Gasteiger partial charge in [0.15, 0.2) is 0 Å². The van der Waals surface area contributed by atoms with Crippen molar-refractivity contribution in [2.24, 2.45) is 0 Å². The van der Waals surface area contributed by atoms with E-state index in [1.165, 1.54) is 19.3 Å². The molecule has 2 atom stereocenters. The highest BCUT2D eigenvalue weighted by molar-refractivity contribution is 7.99. The summed E-state index contributed by atoms with van der Waals surface area (Å²) in [5, 5.41) is 15.5. The Morgan fingerprint density at radius 2 is 2.21 bits per heavy atom. The zero-order valence-electron chi connectivity index (χ0n) is 12.0. The summed E-state index contributed by atoms with van der Waals surface area (Å²) >= 11 is 2.02. The van der Waals surface area contributed by atoms with Crippen molar-refractivity contribution < 1.29 is 4.42 Å². The second-order valence-corrected chi connectivity index (χ2v) is 6.73. The molecule has 2 rings (SSSR count). The summed E-state index contributed by atoms with van der Waals surface area (Å²) in [6, 6.07) is 1.45. The SMILES string of the molecule is CCSC1CCCC1Nc1nnc(CNC(C)C)o1. The van der Waals surface area contributed by atoms with Crippen molar-refractivity contribution in [3.8, 4) is 0 Å². The summed E-state index contributed by atoms with van der Waals surface area (Å²) in [4.78, 5) is 0. The van der Waals surface area contributed by atoms with Crippen LogP contribution in [0.2, 0.25) is 0 Å². The van der Waals surface area contributed by atoms with Gasteiger partial charge in [0.25, 0.3) is 0 Å². The minimum Gasteiger partial charge on any atom is -0.407 e. The van der Waals surface area contributed by atoms with Crippen LogP contribution in [0.15, 0.2) is 4.42 Å². The lowest BCUT2D eigenvalue weighted by atomic mass is 10.2. The molecule has 5 nitrogen and oxygen atoms in total. The van der Waals surface area contributed by atoms with Gasteiger partial charge >= 0.3 is 6.01 Å². The number of hydrogen-bond donors (Lipinski definition) is 2. The Balaban J connectivity index is 1.85. The molecule has 6 heteroatoms. The number of nitrogens with one attached hydrogen (secondary N) is 2.